The van der Waals surface area contributed by atoms with E-state index in [9.17, 15) is 9.90 Å². The van der Waals surface area contributed by atoms with E-state index in [-0.39, 0.29) is 25.1 Å². The summed E-state index contributed by atoms with van der Waals surface area (Å²) in [6, 6.07) is 8.61. The summed E-state index contributed by atoms with van der Waals surface area (Å²) >= 11 is 1.43. The second kappa shape index (κ2) is 7.88. The molecule has 0 saturated carbocycles. The van der Waals surface area contributed by atoms with Crippen LogP contribution in [-0.4, -0.2) is 40.6 Å². The number of benzene rings is 1. The molecule has 5 nitrogen and oxygen atoms in total. The number of fused-ring (bicyclic) bond motifs is 1. The van der Waals surface area contributed by atoms with Gasteiger partial charge in [0.15, 0.2) is 5.13 Å². The smallest absolute Gasteiger partial charge is 0.240 e. The van der Waals surface area contributed by atoms with Gasteiger partial charge in [0.25, 0.3) is 0 Å². The lowest BCUT2D eigenvalue weighted by atomic mass is 9.87. The molecule has 0 radical (unpaired) electrons. The fourth-order valence-electron chi connectivity index (χ4n) is 3.34. The number of hydrogen-bond donors (Lipinski definition) is 2. The summed E-state index contributed by atoms with van der Waals surface area (Å²) in [6.07, 6.45) is 3.21. The molecule has 0 spiro atoms. The number of nitrogens with one attached hydrogen (secondary N) is 1. The van der Waals surface area contributed by atoms with Crippen LogP contribution >= 0.6 is 11.3 Å². The number of aromatic nitrogens is 1. The summed E-state index contributed by atoms with van der Waals surface area (Å²) in [5, 5.41) is 14.8. The Kier molecular flexibility index (Phi) is 5.60. The Morgan fingerprint density at radius 3 is 3.04 bits per heavy atom. The van der Waals surface area contributed by atoms with E-state index in [2.05, 4.69) is 33.4 Å². The Bertz CT molecular complexity index is 701. The molecule has 1 heterocycles. The molecule has 1 aromatic heterocycles. The Labute approximate surface area is 146 Å². The molecule has 1 atom stereocenters. The first kappa shape index (κ1) is 17.1. The fourth-order valence-corrected chi connectivity index (χ4v) is 4.04. The highest BCUT2D eigenvalue weighted by molar-refractivity contribution is 7.13. The van der Waals surface area contributed by atoms with Crippen LogP contribution in [0.3, 0.4) is 0 Å². The zero-order valence-corrected chi connectivity index (χ0v) is 14.7. The van der Waals surface area contributed by atoms with E-state index in [4.69, 9.17) is 0 Å². The molecule has 3 rings (SSSR count). The van der Waals surface area contributed by atoms with Crippen LogP contribution in [0.2, 0.25) is 0 Å². The summed E-state index contributed by atoms with van der Waals surface area (Å²) in [5.74, 6) is -0.0825. The predicted molar refractivity (Wildman–Crippen MR) is 96.3 cm³/mol. The number of aliphatic hydroxyl groups excluding tert-OH is 1. The Balaban J connectivity index is 1.72. The van der Waals surface area contributed by atoms with Gasteiger partial charge in [0.1, 0.15) is 0 Å². The Morgan fingerprint density at radius 1 is 1.46 bits per heavy atom. The molecular weight excluding hydrogens is 322 g/mol. The number of aryl methyl sites for hydroxylation is 2. The van der Waals surface area contributed by atoms with Gasteiger partial charge in [-0.25, -0.2) is 4.98 Å². The minimum Gasteiger partial charge on any atom is -0.395 e. The molecule has 0 bridgehead atoms. The number of anilines is 1. The third kappa shape index (κ3) is 4.01. The highest BCUT2D eigenvalue weighted by Crippen LogP contribution is 2.34. The zero-order chi connectivity index (χ0) is 16.9. The molecule has 128 valence electrons. The van der Waals surface area contributed by atoms with Crippen molar-refractivity contribution in [2.75, 3.05) is 25.0 Å². The van der Waals surface area contributed by atoms with E-state index < -0.39 is 0 Å². The third-order valence-corrected chi connectivity index (χ3v) is 5.25. The van der Waals surface area contributed by atoms with Crippen molar-refractivity contribution in [3.8, 4) is 0 Å². The number of carbonyl (C=O) groups excluding carboxylic acids is 1. The van der Waals surface area contributed by atoms with E-state index in [0.717, 1.165) is 25.0 Å². The van der Waals surface area contributed by atoms with E-state index in [1.807, 2.05) is 18.4 Å². The molecule has 2 N–H and O–H groups in total. The van der Waals surface area contributed by atoms with Crippen molar-refractivity contribution in [3.05, 3.63) is 46.5 Å². The Hall–Kier alpha value is -1.76. The number of aliphatic hydroxyl groups is 1. The summed E-state index contributed by atoms with van der Waals surface area (Å²) in [6.45, 7) is 2.70. The molecule has 1 unspecified atom stereocenters. The average molecular weight is 345 g/mol. The van der Waals surface area contributed by atoms with Crippen LogP contribution in [0, 0.1) is 6.92 Å². The highest BCUT2D eigenvalue weighted by atomic mass is 32.1. The molecule has 24 heavy (non-hydrogen) atoms. The van der Waals surface area contributed by atoms with Crippen LogP contribution in [-0.2, 0) is 11.2 Å². The van der Waals surface area contributed by atoms with Crippen LogP contribution in [0.5, 0.6) is 0 Å². The van der Waals surface area contributed by atoms with Crippen LogP contribution < -0.4 is 5.32 Å². The molecule has 1 amide bonds. The molecule has 1 aliphatic carbocycles. The molecule has 2 aromatic rings. The lowest BCUT2D eigenvalue weighted by Gasteiger charge is -2.35. The number of thiazole rings is 1. The SMILES string of the molecule is Cc1csc(NC(=O)CN(CCO)C2CCCc3ccccc32)n1. The first-order valence-corrected chi connectivity index (χ1v) is 9.20. The molecule has 1 aromatic carbocycles. The van der Waals surface area contributed by atoms with Crippen LogP contribution in [0.15, 0.2) is 29.6 Å². The van der Waals surface area contributed by atoms with Gasteiger partial charge in [0.2, 0.25) is 5.91 Å². The zero-order valence-electron chi connectivity index (χ0n) is 13.9. The molecule has 1 aliphatic rings. The average Bonchev–Trinajstić information content (AvgIpc) is 2.98. The normalized spacial score (nSPS) is 16.9. The molecular formula is C18H23N3O2S. The topological polar surface area (TPSA) is 65.5 Å². The van der Waals surface area contributed by atoms with Crippen molar-refractivity contribution in [1.82, 2.24) is 9.88 Å². The first-order chi connectivity index (χ1) is 11.7. The lowest BCUT2D eigenvalue weighted by molar-refractivity contribution is -0.118. The molecule has 0 aliphatic heterocycles. The van der Waals surface area contributed by atoms with Gasteiger partial charge in [-0.2, -0.15) is 0 Å². The maximum Gasteiger partial charge on any atom is 0.240 e. The van der Waals surface area contributed by atoms with Gasteiger partial charge >= 0.3 is 0 Å². The summed E-state index contributed by atoms with van der Waals surface area (Å²) < 4.78 is 0. The molecule has 0 fully saturated rings. The van der Waals surface area contributed by atoms with Crippen LogP contribution in [0.25, 0.3) is 0 Å². The fraction of sp³-hybridized carbons (Fsp3) is 0.444. The van der Waals surface area contributed by atoms with Gasteiger partial charge in [-0.05, 0) is 37.3 Å². The second-order valence-electron chi connectivity index (χ2n) is 6.14. The van der Waals surface area contributed by atoms with Crippen LogP contribution in [0.4, 0.5) is 5.13 Å². The van der Waals surface area contributed by atoms with E-state index >= 15 is 0 Å². The van der Waals surface area contributed by atoms with Gasteiger partial charge in [-0.15, -0.1) is 11.3 Å². The number of hydrogen-bond acceptors (Lipinski definition) is 5. The number of nitrogens with zero attached hydrogens (tertiary/aromatic N) is 2. The van der Waals surface area contributed by atoms with E-state index in [1.54, 1.807) is 0 Å². The van der Waals surface area contributed by atoms with E-state index in [0.29, 0.717) is 11.7 Å². The third-order valence-electron chi connectivity index (χ3n) is 4.38. The van der Waals surface area contributed by atoms with Crippen molar-refractivity contribution >= 4 is 22.4 Å². The van der Waals surface area contributed by atoms with Crippen molar-refractivity contribution in [3.63, 3.8) is 0 Å². The van der Waals surface area contributed by atoms with Gasteiger partial charge in [-0.3, -0.25) is 9.69 Å². The van der Waals surface area contributed by atoms with Gasteiger partial charge < -0.3 is 10.4 Å². The summed E-state index contributed by atoms with van der Waals surface area (Å²) in [5.41, 5.74) is 3.55. The van der Waals surface area contributed by atoms with Gasteiger partial charge in [0.05, 0.1) is 18.8 Å². The maximum absolute atomic E-state index is 12.4. The monoisotopic (exact) mass is 345 g/mol. The molecule has 0 saturated heterocycles. The van der Waals surface area contributed by atoms with Crippen molar-refractivity contribution < 1.29 is 9.90 Å². The van der Waals surface area contributed by atoms with Gasteiger partial charge in [0, 0.05) is 18.0 Å². The standard InChI is InChI=1S/C18H23N3O2S/c1-13-12-24-18(19-13)20-17(23)11-21(9-10-22)16-8-4-6-14-5-2-3-7-15(14)16/h2-3,5,7,12,16,22H,4,6,8-11H2,1H3,(H,19,20,23). The number of amides is 1. The molecule has 6 heteroatoms. The first-order valence-electron chi connectivity index (χ1n) is 8.32. The maximum atomic E-state index is 12.4. The highest BCUT2D eigenvalue weighted by Gasteiger charge is 2.27. The van der Waals surface area contributed by atoms with Crippen LogP contribution in [0.1, 0.15) is 35.7 Å². The Morgan fingerprint density at radius 2 is 2.29 bits per heavy atom. The van der Waals surface area contributed by atoms with Gasteiger partial charge in [-0.1, -0.05) is 24.3 Å². The van der Waals surface area contributed by atoms with E-state index in [1.165, 1.54) is 22.5 Å². The van der Waals surface area contributed by atoms with Crippen molar-refractivity contribution in [1.29, 1.82) is 0 Å². The lowest BCUT2D eigenvalue weighted by Crippen LogP contribution is -2.39. The summed E-state index contributed by atoms with van der Waals surface area (Å²) in [4.78, 5) is 18.7. The summed E-state index contributed by atoms with van der Waals surface area (Å²) in [7, 11) is 0. The second-order valence-corrected chi connectivity index (χ2v) is 7.00. The largest absolute Gasteiger partial charge is 0.395 e. The van der Waals surface area contributed by atoms with Crippen molar-refractivity contribution in [2.45, 2.75) is 32.2 Å². The van der Waals surface area contributed by atoms with Crippen molar-refractivity contribution in [2.24, 2.45) is 0 Å². The number of rotatable bonds is 6. The quantitative estimate of drug-likeness (QED) is 0.845. The minimum atomic E-state index is -0.0825. The predicted octanol–water partition coefficient (Wildman–Crippen LogP) is 2.76. The number of carbonyl (C=O) groups is 1. The minimum absolute atomic E-state index is 0.0440.